The molecule has 0 N–H and O–H groups in total. The van der Waals surface area contributed by atoms with Crippen molar-refractivity contribution in [1.82, 2.24) is 20.0 Å². The summed E-state index contributed by atoms with van der Waals surface area (Å²) in [6.45, 7) is 0.785. The topological polar surface area (TPSA) is 72.1 Å². The smallest absolute Gasteiger partial charge is 0.261 e. The van der Waals surface area contributed by atoms with E-state index in [1.54, 1.807) is 4.90 Å². The van der Waals surface area contributed by atoms with Crippen LogP contribution in [0.15, 0.2) is 41.2 Å². The lowest BCUT2D eigenvalue weighted by Crippen LogP contribution is -2.39. The lowest BCUT2D eigenvalue weighted by atomic mass is 9.96. The van der Waals surface area contributed by atoms with Gasteiger partial charge in [0.1, 0.15) is 0 Å². The Hall–Kier alpha value is -3.23. The highest BCUT2D eigenvalue weighted by molar-refractivity contribution is 5.94. The number of hydrogen-bond donors (Lipinski definition) is 0. The number of aromatic nitrogens is 3. The standard InChI is InChI=1S/C19H15F3N4O2/c20-14-4-3-11(8-15(14)21)19(27)26-7-1-2-12(10-26)17-24-18(28-25-17)13-5-6-23-9-16(13)22/h3-6,8-9,12H,1-2,7,10H2. The molecular formula is C19H15F3N4O2. The van der Waals surface area contributed by atoms with Crippen molar-refractivity contribution in [3.63, 3.8) is 0 Å². The van der Waals surface area contributed by atoms with Crippen LogP contribution in [0.25, 0.3) is 11.5 Å². The zero-order valence-electron chi connectivity index (χ0n) is 14.6. The number of pyridine rings is 1. The van der Waals surface area contributed by atoms with Crippen molar-refractivity contribution in [2.75, 3.05) is 13.1 Å². The van der Waals surface area contributed by atoms with Crippen molar-refractivity contribution in [2.45, 2.75) is 18.8 Å². The molecule has 144 valence electrons. The van der Waals surface area contributed by atoms with Crippen LogP contribution in [-0.2, 0) is 0 Å². The van der Waals surface area contributed by atoms with Gasteiger partial charge in [-0.15, -0.1) is 0 Å². The summed E-state index contributed by atoms with van der Waals surface area (Å²) in [7, 11) is 0. The molecule has 0 saturated carbocycles. The third-order valence-corrected chi connectivity index (χ3v) is 4.68. The predicted octanol–water partition coefficient (Wildman–Crippen LogP) is 3.57. The molecule has 4 rings (SSSR count). The number of rotatable bonds is 3. The summed E-state index contributed by atoms with van der Waals surface area (Å²) < 4.78 is 45.5. The number of carbonyl (C=O) groups excluding carboxylic acids is 1. The van der Waals surface area contributed by atoms with E-state index in [1.807, 2.05) is 0 Å². The number of likely N-dealkylation sites (tertiary alicyclic amines) is 1. The summed E-state index contributed by atoms with van der Waals surface area (Å²) in [5, 5.41) is 3.93. The van der Waals surface area contributed by atoms with E-state index in [2.05, 4.69) is 15.1 Å². The van der Waals surface area contributed by atoms with Crippen LogP contribution in [0.2, 0.25) is 0 Å². The fourth-order valence-corrected chi connectivity index (χ4v) is 3.24. The molecule has 3 aromatic rings. The molecule has 6 nitrogen and oxygen atoms in total. The second-order valence-electron chi connectivity index (χ2n) is 6.53. The number of halogens is 3. The molecular weight excluding hydrogens is 373 g/mol. The average molecular weight is 388 g/mol. The first-order valence-electron chi connectivity index (χ1n) is 8.70. The van der Waals surface area contributed by atoms with Crippen LogP contribution in [-0.4, -0.2) is 39.0 Å². The fraction of sp³-hybridized carbons (Fsp3) is 0.263. The molecule has 0 spiro atoms. The summed E-state index contributed by atoms with van der Waals surface area (Å²) in [6, 6.07) is 4.51. The molecule has 1 aromatic carbocycles. The van der Waals surface area contributed by atoms with Crippen LogP contribution in [0, 0.1) is 17.5 Å². The summed E-state index contributed by atoms with van der Waals surface area (Å²) >= 11 is 0. The van der Waals surface area contributed by atoms with Gasteiger partial charge in [0.05, 0.1) is 11.8 Å². The highest BCUT2D eigenvalue weighted by Crippen LogP contribution is 2.28. The van der Waals surface area contributed by atoms with Gasteiger partial charge in [-0.1, -0.05) is 5.16 Å². The van der Waals surface area contributed by atoms with Gasteiger partial charge < -0.3 is 9.42 Å². The van der Waals surface area contributed by atoms with Crippen LogP contribution in [0.1, 0.15) is 34.9 Å². The van der Waals surface area contributed by atoms with Gasteiger partial charge in [-0.3, -0.25) is 9.78 Å². The maximum Gasteiger partial charge on any atom is 0.261 e. The zero-order valence-corrected chi connectivity index (χ0v) is 14.6. The Kier molecular flexibility index (Phi) is 4.81. The number of benzene rings is 1. The molecule has 1 saturated heterocycles. The lowest BCUT2D eigenvalue weighted by molar-refractivity contribution is 0.0703. The Morgan fingerprint density at radius 2 is 2.00 bits per heavy atom. The Bertz CT molecular complexity index is 1020. The molecule has 0 aliphatic carbocycles. The molecule has 1 fully saturated rings. The van der Waals surface area contributed by atoms with Gasteiger partial charge in [0.15, 0.2) is 23.3 Å². The molecule has 1 atom stereocenters. The Labute approximate surface area is 158 Å². The molecule has 0 bridgehead atoms. The SMILES string of the molecule is O=C(c1ccc(F)c(F)c1)N1CCCC(c2noc(-c3ccncc3F)n2)C1. The largest absolute Gasteiger partial charge is 0.338 e. The van der Waals surface area contributed by atoms with Gasteiger partial charge in [0, 0.05) is 30.8 Å². The molecule has 28 heavy (non-hydrogen) atoms. The number of carbonyl (C=O) groups is 1. The van der Waals surface area contributed by atoms with E-state index in [-0.39, 0.29) is 22.9 Å². The molecule has 1 amide bonds. The summed E-state index contributed by atoms with van der Waals surface area (Å²) in [4.78, 5) is 22.1. The van der Waals surface area contributed by atoms with E-state index in [4.69, 9.17) is 4.52 Å². The Balaban J connectivity index is 1.52. The minimum Gasteiger partial charge on any atom is -0.338 e. The van der Waals surface area contributed by atoms with Crippen LogP contribution < -0.4 is 0 Å². The predicted molar refractivity (Wildman–Crippen MR) is 91.7 cm³/mol. The van der Waals surface area contributed by atoms with Crippen LogP contribution in [0.5, 0.6) is 0 Å². The Morgan fingerprint density at radius 3 is 2.79 bits per heavy atom. The van der Waals surface area contributed by atoms with Crippen molar-refractivity contribution >= 4 is 5.91 Å². The van der Waals surface area contributed by atoms with Crippen LogP contribution in [0.3, 0.4) is 0 Å². The van der Waals surface area contributed by atoms with E-state index >= 15 is 0 Å². The van der Waals surface area contributed by atoms with Gasteiger partial charge in [-0.2, -0.15) is 4.98 Å². The fourth-order valence-electron chi connectivity index (χ4n) is 3.24. The third-order valence-electron chi connectivity index (χ3n) is 4.68. The van der Waals surface area contributed by atoms with Crippen molar-refractivity contribution in [3.05, 3.63) is 65.5 Å². The first-order valence-corrected chi connectivity index (χ1v) is 8.70. The molecule has 9 heteroatoms. The van der Waals surface area contributed by atoms with Crippen LogP contribution >= 0.6 is 0 Å². The maximum atomic E-state index is 13.8. The monoisotopic (exact) mass is 388 g/mol. The Morgan fingerprint density at radius 1 is 1.14 bits per heavy atom. The summed E-state index contributed by atoms with van der Waals surface area (Å²) in [6.07, 6.45) is 3.89. The molecule has 1 aliphatic heterocycles. The second kappa shape index (κ2) is 7.41. The van der Waals surface area contributed by atoms with Crippen molar-refractivity contribution in [1.29, 1.82) is 0 Å². The molecule has 1 aliphatic rings. The number of piperidine rings is 1. The zero-order chi connectivity index (χ0) is 19.7. The summed E-state index contributed by atoms with van der Waals surface area (Å²) in [5.74, 6) is -2.83. The molecule has 0 radical (unpaired) electrons. The quantitative estimate of drug-likeness (QED) is 0.686. The van der Waals surface area contributed by atoms with Gasteiger partial charge in [-0.25, -0.2) is 13.2 Å². The van der Waals surface area contributed by atoms with Gasteiger partial charge in [-0.05, 0) is 37.1 Å². The second-order valence-corrected chi connectivity index (χ2v) is 6.53. The van der Waals surface area contributed by atoms with E-state index in [1.165, 1.54) is 18.3 Å². The van der Waals surface area contributed by atoms with E-state index in [0.717, 1.165) is 24.8 Å². The van der Waals surface area contributed by atoms with Crippen molar-refractivity contribution < 1.29 is 22.5 Å². The van der Waals surface area contributed by atoms with E-state index in [9.17, 15) is 18.0 Å². The lowest BCUT2D eigenvalue weighted by Gasteiger charge is -2.31. The van der Waals surface area contributed by atoms with Gasteiger partial charge >= 0.3 is 0 Å². The molecule has 1 unspecified atom stereocenters. The minimum absolute atomic E-state index is 0.0407. The van der Waals surface area contributed by atoms with Crippen LogP contribution in [0.4, 0.5) is 13.2 Å². The minimum atomic E-state index is -1.07. The first-order chi connectivity index (χ1) is 13.5. The average Bonchev–Trinajstić information content (AvgIpc) is 3.20. The highest BCUT2D eigenvalue weighted by Gasteiger charge is 2.29. The normalized spacial score (nSPS) is 17.0. The highest BCUT2D eigenvalue weighted by atomic mass is 19.2. The summed E-state index contributed by atoms with van der Waals surface area (Å²) in [5.41, 5.74) is 0.228. The first kappa shape index (κ1) is 18.1. The maximum absolute atomic E-state index is 13.8. The van der Waals surface area contributed by atoms with Gasteiger partial charge in [0.25, 0.3) is 11.8 Å². The third kappa shape index (κ3) is 3.47. The van der Waals surface area contributed by atoms with Crippen molar-refractivity contribution in [2.24, 2.45) is 0 Å². The van der Waals surface area contributed by atoms with E-state index < -0.39 is 23.4 Å². The number of nitrogens with zero attached hydrogens (tertiary/aromatic N) is 4. The molecule has 2 aromatic heterocycles. The van der Waals surface area contributed by atoms with Crippen molar-refractivity contribution in [3.8, 4) is 11.5 Å². The van der Waals surface area contributed by atoms with E-state index in [0.29, 0.717) is 25.3 Å². The molecule has 3 heterocycles. The number of hydrogen-bond acceptors (Lipinski definition) is 5. The van der Waals surface area contributed by atoms with Gasteiger partial charge in [0.2, 0.25) is 0 Å². The number of amides is 1.